The Balaban J connectivity index is 1.33. The Hall–Kier alpha value is -1.89. The fourth-order valence-electron chi connectivity index (χ4n) is 5.58. The van der Waals surface area contributed by atoms with Gasteiger partial charge in [0.1, 0.15) is 5.82 Å². The zero-order valence-corrected chi connectivity index (χ0v) is 21.1. The largest absolute Gasteiger partial charge is 0.356 e. The van der Waals surface area contributed by atoms with Crippen LogP contribution in [0.5, 0.6) is 0 Å². The minimum absolute atomic E-state index is 0.0476. The third-order valence-corrected chi connectivity index (χ3v) is 7.30. The average Bonchev–Trinajstić information content (AvgIpc) is 3.08. The Labute approximate surface area is 200 Å². The second-order valence-electron chi connectivity index (χ2n) is 11.5. The van der Waals surface area contributed by atoms with E-state index >= 15 is 0 Å². The molecule has 0 saturated carbocycles. The van der Waals surface area contributed by atoms with E-state index in [4.69, 9.17) is 4.98 Å². The number of carbonyl (C=O) groups excluding carboxylic acids is 1. The lowest BCUT2D eigenvalue weighted by Gasteiger charge is -2.43. The number of hydrogen-bond donors (Lipinski definition) is 1. The lowest BCUT2D eigenvalue weighted by Crippen LogP contribution is -2.54. The second-order valence-corrected chi connectivity index (χ2v) is 11.5. The molecule has 3 aliphatic rings. The molecule has 1 amide bonds. The van der Waals surface area contributed by atoms with Crippen LogP contribution in [0.3, 0.4) is 0 Å². The van der Waals surface area contributed by atoms with Crippen molar-refractivity contribution in [2.75, 3.05) is 49.5 Å². The van der Waals surface area contributed by atoms with Crippen LogP contribution in [0.25, 0.3) is 0 Å². The predicted molar refractivity (Wildman–Crippen MR) is 135 cm³/mol. The summed E-state index contributed by atoms with van der Waals surface area (Å²) in [5.41, 5.74) is 0.0476. The first kappa shape index (κ1) is 24.2. The molecule has 0 bridgehead atoms. The molecule has 3 saturated heterocycles. The van der Waals surface area contributed by atoms with E-state index in [9.17, 15) is 4.79 Å². The van der Waals surface area contributed by atoms with Crippen molar-refractivity contribution < 1.29 is 4.79 Å². The van der Waals surface area contributed by atoms with Gasteiger partial charge in [0, 0.05) is 57.4 Å². The molecule has 184 valence electrons. The summed E-state index contributed by atoms with van der Waals surface area (Å²) in [6.07, 6.45) is 12.3. The summed E-state index contributed by atoms with van der Waals surface area (Å²) in [4.78, 5) is 29.4. The van der Waals surface area contributed by atoms with Gasteiger partial charge in [-0.25, -0.2) is 4.98 Å². The van der Waals surface area contributed by atoms with Gasteiger partial charge in [0.25, 0.3) is 0 Å². The molecule has 2 atom stereocenters. The van der Waals surface area contributed by atoms with E-state index in [-0.39, 0.29) is 5.41 Å². The molecule has 1 aromatic rings. The lowest BCUT2D eigenvalue weighted by atomic mass is 9.91. The van der Waals surface area contributed by atoms with Gasteiger partial charge in [-0.1, -0.05) is 33.6 Å². The first-order valence-corrected chi connectivity index (χ1v) is 13.2. The third kappa shape index (κ3) is 7.05. The topological polar surface area (TPSA) is 64.6 Å². The SMILES string of the molecule is CC(C)(C)CC(=O)N1CCCC(N2CCCC(Nc3nccc(N4CCCCCC4)n3)C2)C1. The molecule has 3 aliphatic heterocycles. The number of carbonyl (C=O) groups is 1. The summed E-state index contributed by atoms with van der Waals surface area (Å²) in [6.45, 7) is 12.6. The molecule has 7 nitrogen and oxygen atoms in total. The molecular weight excluding hydrogens is 412 g/mol. The van der Waals surface area contributed by atoms with E-state index in [2.05, 4.69) is 51.8 Å². The predicted octanol–water partition coefficient (Wildman–Crippen LogP) is 4.16. The molecule has 0 radical (unpaired) electrons. The molecule has 33 heavy (non-hydrogen) atoms. The van der Waals surface area contributed by atoms with Crippen LogP contribution in [0.1, 0.15) is 78.6 Å². The van der Waals surface area contributed by atoms with Crippen molar-refractivity contribution in [2.45, 2.75) is 90.6 Å². The quantitative estimate of drug-likeness (QED) is 0.718. The Bertz CT molecular complexity index is 770. The van der Waals surface area contributed by atoms with E-state index in [1.165, 1.54) is 38.5 Å². The van der Waals surface area contributed by atoms with Crippen molar-refractivity contribution in [3.8, 4) is 0 Å². The molecule has 4 rings (SSSR count). The highest BCUT2D eigenvalue weighted by molar-refractivity contribution is 5.77. The summed E-state index contributed by atoms with van der Waals surface area (Å²) in [7, 11) is 0. The Morgan fingerprint density at radius 1 is 1.00 bits per heavy atom. The van der Waals surface area contributed by atoms with Gasteiger partial charge in [-0.3, -0.25) is 9.69 Å². The van der Waals surface area contributed by atoms with Crippen molar-refractivity contribution in [2.24, 2.45) is 5.41 Å². The van der Waals surface area contributed by atoms with Crippen LogP contribution in [-0.4, -0.2) is 77.0 Å². The smallest absolute Gasteiger partial charge is 0.224 e. The van der Waals surface area contributed by atoms with E-state index in [0.717, 1.165) is 63.9 Å². The Morgan fingerprint density at radius 2 is 1.76 bits per heavy atom. The van der Waals surface area contributed by atoms with Gasteiger partial charge in [-0.15, -0.1) is 0 Å². The number of hydrogen-bond acceptors (Lipinski definition) is 6. The van der Waals surface area contributed by atoms with Crippen molar-refractivity contribution in [1.82, 2.24) is 19.8 Å². The van der Waals surface area contributed by atoms with Gasteiger partial charge in [0.05, 0.1) is 0 Å². The van der Waals surface area contributed by atoms with Crippen molar-refractivity contribution in [3.05, 3.63) is 12.3 Å². The van der Waals surface area contributed by atoms with Crippen LogP contribution in [0.4, 0.5) is 11.8 Å². The molecule has 2 unspecified atom stereocenters. The number of nitrogens with zero attached hydrogens (tertiary/aromatic N) is 5. The standard InChI is InChI=1S/C26H44N6O/c1-26(2,3)18-24(33)32-17-9-11-22(20-32)31-16-8-10-21(19-31)28-25-27-13-12-23(29-25)30-14-6-4-5-7-15-30/h12-13,21-22H,4-11,14-20H2,1-3H3,(H,27,28,29). The molecule has 1 N–H and O–H groups in total. The van der Waals surface area contributed by atoms with E-state index in [0.29, 0.717) is 24.4 Å². The van der Waals surface area contributed by atoms with Crippen molar-refractivity contribution in [1.29, 1.82) is 0 Å². The fourth-order valence-corrected chi connectivity index (χ4v) is 5.58. The fraction of sp³-hybridized carbons (Fsp3) is 0.808. The highest BCUT2D eigenvalue weighted by Crippen LogP contribution is 2.25. The first-order chi connectivity index (χ1) is 15.9. The average molecular weight is 457 g/mol. The third-order valence-electron chi connectivity index (χ3n) is 7.30. The van der Waals surface area contributed by atoms with E-state index < -0.39 is 0 Å². The van der Waals surface area contributed by atoms with Gasteiger partial charge < -0.3 is 15.1 Å². The molecular formula is C26H44N6O. The number of aromatic nitrogens is 2. The minimum Gasteiger partial charge on any atom is -0.356 e. The summed E-state index contributed by atoms with van der Waals surface area (Å²) >= 11 is 0. The number of rotatable bonds is 5. The maximum absolute atomic E-state index is 12.8. The Kier molecular flexibility index (Phi) is 8.10. The van der Waals surface area contributed by atoms with Gasteiger partial charge in [0.15, 0.2) is 0 Å². The van der Waals surface area contributed by atoms with Crippen molar-refractivity contribution >= 4 is 17.7 Å². The summed E-state index contributed by atoms with van der Waals surface area (Å²) in [5.74, 6) is 2.13. The lowest BCUT2D eigenvalue weighted by molar-refractivity contribution is -0.135. The van der Waals surface area contributed by atoms with Gasteiger partial charge in [-0.2, -0.15) is 4.98 Å². The monoisotopic (exact) mass is 456 g/mol. The number of nitrogens with one attached hydrogen (secondary N) is 1. The molecule has 0 aliphatic carbocycles. The Morgan fingerprint density at radius 3 is 2.52 bits per heavy atom. The van der Waals surface area contributed by atoms with Crippen LogP contribution in [0.15, 0.2) is 12.3 Å². The first-order valence-electron chi connectivity index (χ1n) is 13.2. The molecule has 0 spiro atoms. The second kappa shape index (κ2) is 11.0. The zero-order chi connectivity index (χ0) is 23.3. The zero-order valence-electron chi connectivity index (χ0n) is 21.1. The number of piperidine rings is 2. The van der Waals surface area contributed by atoms with Gasteiger partial charge in [-0.05, 0) is 56.6 Å². The van der Waals surface area contributed by atoms with Gasteiger partial charge in [0.2, 0.25) is 11.9 Å². The normalized spacial score (nSPS) is 25.5. The molecule has 7 heteroatoms. The van der Waals surface area contributed by atoms with Crippen LogP contribution < -0.4 is 10.2 Å². The van der Waals surface area contributed by atoms with Crippen LogP contribution in [0.2, 0.25) is 0 Å². The maximum Gasteiger partial charge on any atom is 0.224 e. The molecule has 3 fully saturated rings. The van der Waals surface area contributed by atoms with E-state index in [1.54, 1.807) is 0 Å². The van der Waals surface area contributed by atoms with Crippen molar-refractivity contribution in [3.63, 3.8) is 0 Å². The maximum atomic E-state index is 12.8. The molecule has 1 aromatic heterocycles. The summed E-state index contributed by atoms with van der Waals surface area (Å²) in [5, 5.41) is 3.64. The summed E-state index contributed by atoms with van der Waals surface area (Å²) < 4.78 is 0. The number of anilines is 2. The number of likely N-dealkylation sites (tertiary alicyclic amines) is 2. The number of amides is 1. The molecule has 0 aromatic carbocycles. The van der Waals surface area contributed by atoms with Crippen LogP contribution in [0, 0.1) is 5.41 Å². The molecule has 4 heterocycles. The van der Waals surface area contributed by atoms with Gasteiger partial charge >= 0.3 is 0 Å². The van der Waals surface area contributed by atoms with Crippen LogP contribution >= 0.6 is 0 Å². The highest BCUT2D eigenvalue weighted by Gasteiger charge is 2.32. The van der Waals surface area contributed by atoms with Crippen LogP contribution in [-0.2, 0) is 4.79 Å². The minimum atomic E-state index is 0.0476. The van der Waals surface area contributed by atoms with E-state index in [1.807, 2.05) is 6.20 Å². The summed E-state index contributed by atoms with van der Waals surface area (Å²) in [6, 6.07) is 2.88. The highest BCUT2D eigenvalue weighted by atomic mass is 16.2.